The number of carbonyl (C=O) groups is 2. The van der Waals surface area contributed by atoms with Crippen molar-refractivity contribution in [3.05, 3.63) is 47.4 Å². The average Bonchev–Trinajstić information content (AvgIpc) is 2.99. The molecule has 184 valence electrons. The number of rotatable bonds is 3. The summed E-state index contributed by atoms with van der Waals surface area (Å²) in [6.45, 7) is -0.927. The summed E-state index contributed by atoms with van der Waals surface area (Å²) in [6.07, 6.45) is -16.5. The van der Waals surface area contributed by atoms with Gasteiger partial charge in [-0.2, -0.15) is 26.3 Å². The number of aliphatic hydroxyl groups excluding tert-OH is 2. The van der Waals surface area contributed by atoms with E-state index in [0.717, 1.165) is 31.3 Å². The number of halogens is 7. The Bertz CT molecular complexity index is 1110. The molecule has 1 aromatic heterocycles. The van der Waals surface area contributed by atoms with E-state index in [1.807, 2.05) is 0 Å². The third-order valence-corrected chi connectivity index (χ3v) is 4.74. The zero-order valence-corrected chi connectivity index (χ0v) is 16.9. The first kappa shape index (κ1) is 25.2. The molecule has 0 spiro atoms. The van der Waals surface area contributed by atoms with Gasteiger partial charge in [0.05, 0.1) is 6.54 Å². The van der Waals surface area contributed by atoms with Gasteiger partial charge >= 0.3 is 18.4 Å². The van der Waals surface area contributed by atoms with Gasteiger partial charge in [-0.05, 0) is 30.3 Å². The smallest absolute Gasteiger partial charge is 0.405 e. The summed E-state index contributed by atoms with van der Waals surface area (Å²) in [5.41, 5.74) is -4.20. The third kappa shape index (κ3) is 4.89. The van der Waals surface area contributed by atoms with Crippen molar-refractivity contribution in [1.29, 1.82) is 0 Å². The first-order valence-corrected chi connectivity index (χ1v) is 9.19. The van der Waals surface area contributed by atoms with E-state index < -0.39 is 77.8 Å². The lowest BCUT2D eigenvalue weighted by atomic mass is 10.1. The van der Waals surface area contributed by atoms with Crippen LogP contribution < -0.4 is 14.5 Å². The molecule has 8 nitrogen and oxygen atoms in total. The van der Waals surface area contributed by atoms with Crippen molar-refractivity contribution < 1.29 is 55.3 Å². The molecule has 15 heteroatoms. The number of nitrogens with zero attached hydrogens (tertiary/aromatic N) is 3. The van der Waals surface area contributed by atoms with Crippen molar-refractivity contribution in [3.63, 3.8) is 0 Å². The van der Waals surface area contributed by atoms with E-state index in [1.54, 1.807) is 0 Å². The fourth-order valence-electron chi connectivity index (χ4n) is 2.98. The van der Waals surface area contributed by atoms with Crippen LogP contribution >= 0.6 is 0 Å². The molecule has 2 heterocycles. The molecule has 2 atom stereocenters. The second-order valence-corrected chi connectivity index (χ2v) is 7.07. The van der Waals surface area contributed by atoms with Crippen LogP contribution in [-0.2, 0) is 17.1 Å². The lowest BCUT2D eigenvalue weighted by Gasteiger charge is -2.24. The van der Waals surface area contributed by atoms with Crippen LogP contribution in [-0.4, -0.2) is 53.0 Å². The summed E-state index contributed by atoms with van der Waals surface area (Å²) in [5, 5.41) is 19.3. The SMILES string of the molecule is CN(C(=O)Oc1c(C(F)(F)F)cc(C(F)(F)F)nc1N1CC(O)C(O)C1=O)c1ccc(F)cc1. The van der Waals surface area contributed by atoms with Crippen LogP contribution in [0.4, 0.5) is 47.0 Å². The van der Waals surface area contributed by atoms with Gasteiger partial charge in [-0.3, -0.25) is 14.6 Å². The molecule has 1 aliphatic rings. The number of pyridine rings is 1. The van der Waals surface area contributed by atoms with E-state index >= 15 is 0 Å². The van der Waals surface area contributed by atoms with Crippen LogP contribution in [0.5, 0.6) is 5.75 Å². The number of hydrogen-bond acceptors (Lipinski definition) is 6. The van der Waals surface area contributed by atoms with Crippen LogP contribution in [0.15, 0.2) is 30.3 Å². The van der Waals surface area contributed by atoms with Gasteiger partial charge in [0.1, 0.15) is 23.2 Å². The summed E-state index contributed by atoms with van der Waals surface area (Å²) in [7, 11) is 1.02. The maximum absolute atomic E-state index is 13.7. The molecule has 1 fully saturated rings. The van der Waals surface area contributed by atoms with Crippen LogP contribution in [0, 0.1) is 5.82 Å². The minimum absolute atomic E-state index is 0.0514. The zero-order valence-electron chi connectivity index (χ0n) is 16.9. The van der Waals surface area contributed by atoms with Crippen LogP contribution in [0.3, 0.4) is 0 Å². The Hall–Kier alpha value is -3.46. The second kappa shape index (κ2) is 8.72. The number of anilines is 2. The Balaban J connectivity index is 2.16. The third-order valence-electron chi connectivity index (χ3n) is 4.74. The number of benzene rings is 1. The van der Waals surface area contributed by atoms with Crippen molar-refractivity contribution in [1.82, 2.24) is 4.98 Å². The Morgan fingerprint density at radius 3 is 2.18 bits per heavy atom. The van der Waals surface area contributed by atoms with Gasteiger partial charge in [0.2, 0.25) is 0 Å². The molecule has 0 saturated carbocycles. The highest BCUT2D eigenvalue weighted by Gasteiger charge is 2.47. The van der Waals surface area contributed by atoms with E-state index in [9.17, 15) is 50.5 Å². The van der Waals surface area contributed by atoms with Crippen molar-refractivity contribution in [2.45, 2.75) is 24.6 Å². The Kier molecular flexibility index (Phi) is 6.45. The molecular formula is C19H14F7N3O5. The predicted octanol–water partition coefficient (Wildman–Crippen LogP) is 2.96. The van der Waals surface area contributed by atoms with Crippen molar-refractivity contribution in [3.8, 4) is 5.75 Å². The molecule has 2 unspecified atom stereocenters. The predicted molar refractivity (Wildman–Crippen MR) is 99.4 cm³/mol. The fourth-order valence-corrected chi connectivity index (χ4v) is 2.98. The molecule has 0 bridgehead atoms. The monoisotopic (exact) mass is 497 g/mol. The summed E-state index contributed by atoms with van der Waals surface area (Å²) >= 11 is 0. The Morgan fingerprint density at radius 1 is 1.12 bits per heavy atom. The highest BCUT2D eigenvalue weighted by Crippen LogP contribution is 2.45. The number of aliphatic hydroxyl groups is 2. The zero-order chi connectivity index (χ0) is 25.6. The standard InChI is InChI=1S/C19H14F7N3O5/c1-28(9-4-2-8(20)3-5-9)17(33)34-14-10(18(21,22)23)6-12(19(24,25)26)27-15(14)29-7-11(30)13(31)16(29)32/h2-6,11,13,30-31H,7H2,1H3. The van der Waals surface area contributed by atoms with Crippen molar-refractivity contribution in [2.24, 2.45) is 0 Å². The first-order valence-electron chi connectivity index (χ1n) is 9.19. The molecule has 3 rings (SSSR count). The van der Waals surface area contributed by atoms with Crippen molar-refractivity contribution in [2.75, 3.05) is 23.4 Å². The molecule has 2 aromatic rings. The number of aromatic nitrogens is 1. The van der Waals surface area contributed by atoms with Crippen molar-refractivity contribution >= 4 is 23.5 Å². The summed E-state index contributed by atoms with van der Waals surface area (Å²) in [6, 6.07) is 3.60. The second-order valence-electron chi connectivity index (χ2n) is 7.07. The van der Waals surface area contributed by atoms with Gasteiger partial charge in [-0.1, -0.05) is 0 Å². The maximum Gasteiger partial charge on any atom is 0.433 e. The Morgan fingerprint density at radius 2 is 1.71 bits per heavy atom. The molecule has 0 aliphatic carbocycles. The minimum Gasteiger partial charge on any atom is -0.405 e. The van der Waals surface area contributed by atoms with Gasteiger partial charge < -0.3 is 14.9 Å². The normalized spacial score (nSPS) is 18.9. The van der Waals surface area contributed by atoms with Gasteiger partial charge in [0.25, 0.3) is 5.91 Å². The average molecular weight is 497 g/mol. The van der Waals surface area contributed by atoms with E-state index in [4.69, 9.17) is 4.74 Å². The van der Waals surface area contributed by atoms with Crippen LogP contribution in [0.1, 0.15) is 11.3 Å². The minimum atomic E-state index is -5.51. The lowest BCUT2D eigenvalue weighted by Crippen LogP contribution is -2.34. The van der Waals surface area contributed by atoms with E-state index in [1.165, 1.54) is 0 Å². The molecule has 1 aliphatic heterocycles. The lowest BCUT2D eigenvalue weighted by molar-refractivity contribution is -0.146. The maximum atomic E-state index is 13.7. The topological polar surface area (TPSA) is 103 Å². The van der Waals surface area contributed by atoms with Gasteiger partial charge in [-0.15, -0.1) is 0 Å². The van der Waals surface area contributed by atoms with E-state index in [2.05, 4.69) is 4.98 Å². The number of carbonyl (C=O) groups excluding carboxylic acids is 2. The summed E-state index contributed by atoms with van der Waals surface area (Å²) in [4.78, 5) is 28.5. The highest BCUT2D eigenvalue weighted by atomic mass is 19.4. The highest BCUT2D eigenvalue weighted by molar-refractivity contribution is 6.00. The molecule has 34 heavy (non-hydrogen) atoms. The number of ether oxygens (including phenoxy) is 1. The molecule has 0 radical (unpaired) electrons. The number of hydrogen-bond donors (Lipinski definition) is 2. The fraction of sp³-hybridized carbons (Fsp3) is 0.316. The van der Waals surface area contributed by atoms with Crippen LogP contribution in [0.2, 0.25) is 0 Å². The quantitative estimate of drug-likeness (QED) is 0.633. The Labute approximate surface area is 185 Å². The van der Waals surface area contributed by atoms with E-state index in [0.29, 0.717) is 4.90 Å². The molecule has 2 amide bonds. The molecular weight excluding hydrogens is 483 g/mol. The summed E-state index contributed by atoms with van der Waals surface area (Å²) in [5.74, 6) is -5.10. The number of amides is 2. The van der Waals surface area contributed by atoms with E-state index in [-0.39, 0.29) is 10.6 Å². The molecule has 2 N–H and O–H groups in total. The van der Waals surface area contributed by atoms with Gasteiger partial charge in [0, 0.05) is 12.7 Å². The number of alkyl halides is 6. The molecule has 1 saturated heterocycles. The molecule has 1 aromatic carbocycles. The van der Waals surface area contributed by atoms with Gasteiger partial charge in [-0.25, -0.2) is 14.2 Å². The summed E-state index contributed by atoms with van der Waals surface area (Å²) < 4.78 is 98.8. The number of β-amino-alcohol motifs (C(OH)–C–C–N with tert-alkyl or cyclic N) is 1. The largest absolute Gasteiger partial charge is 0.433 e. The van der Waals surface area contributed by atoms with Crippen LogP contribution in [0.25, 0.3) is 0 Å². The van der Waals surface area contributed by atoms with Gasteiger partial charge in [0.15, 0.2) is 17.7 Å². The first-order chi connectivity index (χ1) is 15.6.